The number of fused-ring (bicyclic) bond motifs is 6. The first-order chi connectivity index (χ1) is 23.9. The summed E-state index contributed by atoms with van der Waals surface area (Å²) in [6.45, 7) is 9.15. The van der Waals surface area contributed by atoms with Crippen LogP contribution in [0.3, 0.4) is 0 Å². The van der Waals surface area contributed by atoms with E-state index in [1.54, 1.807) is 0 Å². The standard InChI is InChI=1S/C47H37NO/c1-30-13-12-14-31(2)46(30)40-27-33(32-15-6-5-7-16-32)21-26-43(40)48(35-23-25-39-38-18-9-11-20-44(38)49-45(39)29-35)34-22-24-37-36-17-8-10-19-41(36)47(3,4)42(37)28-34/h5-29H,1-4H3. The van der Waals surface area contributed by atoms with Crippen molar-refractivity contribution in [3.05, 3.63) is 174 Å². The SMILES string of the molecule is Cc1cccc(C)c1-c1cc(-c2ccccc2)ccc1N(c1ccc2c(c1)C(C)(C)c1ccccc1-2)c1ccc2c(c1)oc1ccccc12. The minimum Gasteiger partial charge on any atom is -0.456 e. The van der Waals surface area contributed by atoms with Gasteiger partial charge in [0.25, 0.3) is 0 Å². The van der Waals surface area contributed by atoms with Crippen LogP contribution in [0, 0.1) is 13.8 Å². The van der Waals surface area contributed by atoms with E-state index in [2.05, 4.69) is 172 Å². The first kappa shape index (κ1) is 29.3. The summed E-state index contributed by atoms with van der Waals surface area (Å²) in [4.78, 5) is 2.43. The fourth-order valence-corrected chi connectivity index (χ4v) is 8.09. The molecule has 0 N–H and O–H groups in total. The number of hydrogen-bond donors (Lipinski definition) is 0. The molecule has 0 atom stereocenters. The van der Waals surface area contributed by atoms with E-state index in [-0.39, 0.29) is 5.41 Å². The van der Waals surface area contributed by atoms with Gasteiger partial charge in [-0.3, -0.25) is 0 Å². The zero-order chi connectivity index (χ0) is 33.3. The van der Waals surface area contributed by atoms with Crippen molar-refractivity contribution in [2.75, 3.05) is 4.90 Å². The Morgan fingerprint density at radius 3 is 1.98 bits per heavy atom. The summed E-state index contributed by atoms with van der Waals surface area (Å²) in [7, 11) is 0. The van der Waals surface area contributed by atoms with Crippen LogP contribution in [0.4, 0.5) is 17.1 Å². The summed E-state index contributed by atoms with van der Waals surface area (Å²) in [5.41, 5.74) is 17.7. The van der Waals surface area contributed by atoms with Crippen molar-refractivity contribution in [3.63, 3.8) is 0 Å². The van der Waals surface area contributed by atoms with Gasteiger partial charge in [0, 0.05) is 39.2 Å². The summed E-state index contributed by atoms with van der Waals surface area (Å²) in [6.07, 6.45) is 0. The van der Waals surface area contributed by atoms with Crippen LogP contribution in [0.15, 0.2) is 156 Å². The number of hydrogen-bond acceptors (Lipinski definition) is 2. The third-order valence-corrected chi connectivity index (χ3v) is 10.5. The lowest BCUT2D eigenvalue weighted by Crippen LogP contribution is -2.17. The Balaban J connectivity index is 1.33. The molecule has 7 aromatic carbocycles. The average Bonchev–Trinajstić information content (AvgIpc) is 3.61. The molecule has 0 saturated carbocycles. The van der Waals surface area contributed by atoms with Crippen LogP contribution in [-0.4, -0.2) is 0 Å². The summed E-state index contributed by atoms with van der Waals surface area (Å²) < 4.78 is 6.47. The smallest absolute Gasteiger partial charge is 0.137 e. The molecule has 0 amide bonds. The van der Waals surface area contributed by atoms with Crippen LogP contribution in [0.1, 0.15) is 36.1 Å². The normalized spacial score (nSPS) is 13.1. The van der Waals surface area contributed by atoms with Gasteiger partial charge in [-0.2, -0.15) is 0 Å². The number of benzene rings is 7. The van der Waals surface area contributed by atoms with Crippen molar-refractivity contribution in [2.45, 2.75) is 33.1 Å². The van der Waals surface area contributed by atoms with Gasteiger partial charge >= 0.3 is 0 Å². The van der Waals surface area contributed by atoms with E-state index in [1.165, 1.54) is 55.6 Å². The zero-order valence-corrected chi connectivity index (χ0v) is 28.3. The molecule has 0 bridgehead atoms. The molecule has 49 heavy (non-hydrogen) atoms. The van der Waals surface area contributed by atoms with Crippen molar-refractivity contribution in [3.8, 4) is 33.4 Å². The molecule has 2 nitrogen and oxygen atoms in total. The van der Waals surface area contributed by atoms with Crippen molar-refractivity contribution >= 4 is 39.0 Å². The third-order valence-electron chi connectivity index (χ3n) is 10.5. The Hall–Kier alpha value is -5.86. The first-order valence-electron chi connectivity index (χ1n) is 17.1. The minimum atomic E-state index is -0.122. The van der Waals surface area contributed by atoms with Gasteiger partial charge in [-0.25, -0.2) is 0 Å². The van der Waals surface area contributed by atoms with E-state index >= 15 is 0 Å². The molecule has 0 spiro atoms. The van der Waals surface area contributed by atoms with Gasteiger partial charge in [-0.05, 0) is 106 Å². The summed E-state index contributed by atoms with van der Waals surface area (Å²) in [5, 5.41) is 2.26. The van der Waals surface area contributed by atoms with Crippen molar-refractivity contribution in [1.82, 2.24) is 0 Å². The highest BCUT2D eigenvalue weighted by Crippen LogP contribution is 2.52. The van der Waals surface area contributed by atoms with E-state index in [0.29, 0.717) is 0 Å². The molecular weight excluding hydrogens is 595 g/mol. The fraction of sp³-hybridized carbons (Fsp3) is 0.106. The molecule has 8 aromatic rings. The fourth-order valence-electron chi connectivity index (χ4n) is 8.09. The highest BCUT2D eigenvalue weighted by atomic mass is 16.3. The number of para-hydroxylation sites is 1. The molecule has 236 valence electrons. The second kappa shape index (κ2) is 11.1. The van der Waals surface area contributed by atoms with E-state index in [0.717, 1.165) is 39.0 Å². The quantitative estimate of drug-likeness (QED) is 0.188. The summed E-state index contributed by atoms with van der Waals surface area (Å²) >= 11 is 0. The molecule has 9 rings (SSSR count). The molecule has 0 aliphatic heterocycles. The van der Waals surface area contributed by atoms with Crippen molar-refractivity contribution in [2.24, 2.45) is 0 Å². The monoisotopic (exact) mass is 631 g/mol. The molecule has 1 aromatic heterocycles. The molecule has 2 heteroatoms. The van der Waals surface area contributed by atoms with Gasteiger partial charge in [0.2, 0.25) is 0 Å². The molecular formula is C47H37NO. The number of nitrogens with zero attached hydrogens (tertiary/aromatic N) is 1. The van der Waals surface area contributed by atoms with Gasteiger partial charge in [-0.15, -0.1) is 0 Å². The molecule has 0 saturated heterocycles. The first-order valence-corrected chi connectivity index (χ1v) is 17.1. The van der Waals surface area contributed by atoms with Gasteiger partial charge in [-0.1, -0.05) is 117 Å². The van der Waals surface area contributed by atoms with Gasteiger partial charge in [0.1, 0.15) is 11.2 Å². The Labute approximate surface area is 287 Å². The molecule has 0 radical (unpaired) electrons. The van der Waals surface area contributed by atoms with Crippen LogP contribution in [0.5, 0.6) is 0 Å². The zero-order valence-electron chi connectivity index (χ0n) is 28.3. The number of rotatable bonds is 5. The van der Waals surface area contributed by atoms with E-state index in [9.17, 15) is 0 Å². The lowest BCUT2D eigenvalue weighted by atomic mass is 9.82. The lowest BCUT2D eigenvalue weighted by molar-refractivity contribution is 0.660. The maximum atomic E-state index is 6.47. The van der Waals surface area contributed by atoms with E-state index in [1.807, 2.05) is 12.1 Å². The average molecular weight is 632 g/mol. The number of furan rings is 1. The van der Waals surface area contributed by atoms with E-state index in [4.69, 9.17) is 4.42 Å². The molecule has 1 aliphatic carbocycles. The predicted molar refractivity (Wildman–Crippen MR) is 206 cm³/mol. The van der Waals surface area contributed by atoms with Crippen LogP contribution in [0.2, 0.25) is 0 Å². The lowest BCUT2D eigenvalue weighted by Gasteiger charge is -2.30. The molecule has 1 aliphatic rings. The number of aryl methyl sites for hydroxylation is 2. The van der Waals surface area contributed by atoms with Crippen LogP contribution < -0.4 is 4.90 Å². The topological polar surface area (TPSA) is 16.4 Å². The van der Waals surface area contributed by atoms with Gasteiger partial charge in [0.15, 0.2) is 0 Å². The van der Waals surface area contributed by atoms with E-state index < -0.39 is 0 Å². The Morgan fingerprint density at radius 1 is 0.469 bits per heavy atom. The van der Waals surface area contributed by atoms with Gasteiger partial charge in [0.05, 0.1) is 5.69 Å². The van der Waals surface area contributed by atoms with Crippen LogP contribution >= 0.6 is 0 Å². The Morgan fingerprint density at radius 2 is 1.14 bits per heavy atom. The maximum absolute atomic E-state index is 6.47. The molecule has 0 unspecified atom stereocenters. The maximum Gasteiger partial charge on any atom is 0.137 e. The van der Waals surface area contributed by atoms with Crippen molar-refractivity contribution < 1.29 is 4.42 Å². The summed E-state index contributed by atoms with van der Waals surface area (Å²) in [6, 6.07) is 55.1. The van der Waals surface area contributed by atoms with Crippen molar-refractivity contribution in [1.29, 1.82) is 0 Å². The van der Waals surface area contributed by atoms with Crippen LogP contribution in [-0.2, 0) is 5.41 Å². The second-order valence-corrected chi connectivity index (χ2v) is 13.9. The predicted octanol–water partition coefficient (Wildman–Crippen LogP) is 13.3. The third kappa shape index (κ3) is 4.63. The summed E-state index contributed by atoms with van der Waals surface area (Å²) in [5.74, 6) is 0. The molecule has 1 heterocycles. The van der Waals surface area contributed by atoms with Gasteiger partial charge < -0.3 is 9.32 Å². The highest BCUT2D eigenvalue weighted by Gasteiger charge is 2.36. The Bertz CT molecular complexity index is 2530. The molecule has 0 fully saturated rings. The Kier molecular flexibility index (Phi) is 6.64. The second-order valence-electron chi connectivity index (χ2n) is 13.9. The highest BCUT2D eigenvalue weighted by molar-refractivity contribution is 6.06. The number of anilines is 3. The van der Waals surface area contributed by atoms with Crippen LogP contribution in [0.25, 0.3) is 55.3 Å². The largest absolute Gasteiger partial charge is 0.456 e. The minimum absolute atomic E-state index is 0.122.